The van der Waals surface area contributed by atoms with Crippen molar-refractivity contribution in [2.24, 2.45) is 5.73 Å². The Kier molecular flexibility index (Phi) is 34.6. The lowest BCUT2D eigenvalue weighted by Crippen LogP contribution is -2.34. The fraction of sp³-hybridized carbons (Fsp3) is 0.825. The number of rotatable bonds is 38. The Morgan fingerprint density at radius 1 is 0.577 bits per heavy atom. The zero-order valence-electron chi connectivity index (χ0n) is 32.7. The summed E-state index contributed by atoms with van der Waals surface area (Å²) in [6.45, 7) is 2.75. The van der Waals surface area contributed by atoms with Gasteiger partial charge in [0.25, 0.3) is 0 Å². The van der Waals surface area contributed by atoms with E-state index in [-0.39, 0.29) is 19.4 Å². The van der Waals surface area contributed by atoms with Crippen molar-refractivity contribution in [1.29, 1.82) is 0 Å². The van der Waals surface area contributed by atoms with Gasteiger partial charge in [0.2, 0.25) is 0 Å². The van der Waals surface area contributed by atoms with Gasteiger partial charge in [-0.15, -0.1) is 0 Å². The normalized spacial score (nSPS) is 14.1. The van der Waals surface area contributed by atoms with E-state index in [1.165, 1.54) is 70.6 Å². The summed E-state index contributed by atoms with van der Waals surface area (Å²) >= 11 is 0. The number of allylic oxidation sites excluding steroid dienone is 4. The molecule has 0 heterocycles. The summed E-state index contributed by atoms with van der Waals surface area (Å²) in [7, 11) is -4.71. The molecule has 0 spiro atoms. The Balaban J connectivity index is 4.42. The number of carboxylic acids is 1. The zero-order chi connectivity index (χ0) is 38.5. The Labute approximate surface area is 315 Å². The third-order valence-corrected chi connectivity index (χ3v) is 9.62. The molecular formula is C40H74NO10P. The topological polar surface area (TPSA) is 172 Å². The third-order valence-electron chi connectivity index (χ3n) is 8.67. The van der Waals surface area contributed by atoms with Gasteiger partial charge >= 0.3 is 25.7 Å². The van der Waals surface area contributed by atoms with Crippen LogP contribution in [0.15, 0.2) is 24.3 Å². The molecule has 304 valence electrons. The van der Waals surface area contributed by atoms with Crippen molar-refractivity contribution in [3.05, 3.63) is 24.3 Å². The highest BCUT2D eigenvalue weighted by atomic mass is 31.2. The van der Waals surface area contributed by atoms with Gasteiger partial charge in [-0.05, 0) is 64.2 Å². The molecule has 11 nitrogen and oxygen atoms in total. The van der Waals surface area contributed by atoms with E-state index in [1.807, 2.05) is 0 Å². The predicted octanol–water partition coefficient (Wildman–Crippen LogP) is 10.3. The Bertz CT molecular complexity index is 989. The molecule has 0 aromatic carbocycles. The lowest BCUT2D eigenvalue weighted by molar-refractivity contribution is -0.161. The van der Waals surface area contributed by atoms with Crippen LogP contribution in [0.2, 0.25) is 0 Å². The highest BCUT2D eigenvalue weighted by Gasteiger charge is 2.28. The fourth-order valence-electron chi connectivity index (χ4n) is 5.41. The minimum atomic E-state index is -4.71. The number of nitrogens with two attached hydrogens (primary N) is 1. The minimum Gasteiger partial charge on any atom is -0.480 e. The minimum absolute atomic E-state index is 0.156. The number of carboxylic acid groups (broad SMARTS) is 1. The van der Waals surface area contributed by atoms with Crippen molar-refractivity contribution in [3.63, 3.8) is 0 Å². The number of phosphoric ester groups is 1. The molecule has 0 bridgehead atoms. The summed E-state index contributed by atoms with van der Waals surface area (Å²) in [6, 6.07) is -1.52. The van der Waals surface area contributed by atoms with Crippen molar-refractivity contribution in [1.82, 2.24) is 0 Å². The summed E-state index contributed by atoms with van der Waals surface area (Å²) < 4.78 is 32.6. The Hall–Kier alpha value is -2.04. The number of hydrogen-bond donors (Lipinski definition) is 3. The van der Waals surface area contributed by atoms with E-state index in [0.717, 1.165) is 70.6 Å². The number of carbonyl (C=O) groups excluding carboxylic acids is 2. The van der Waals surface area contributed by atoms with Crippen LogP contribution < -0.4 is 5.73 Å². The van der Waals surface area contributed by atoms with Crippen molar-refractivity contribution in [2.75, 3.05) is 19.8 Å². The monoisotopic (exact) mass is 760 g/mol. The quantitative estimate of drug-likeness (QED) is 0.0237. The Morgan fingerprint density at radius 3 is 1.40 bits per heavy atom. The van der Waals surface area contributed by atoms with Gasteiger partial charge in [-0.2, -0.15) is 0 Å². The molecular weight excluding hydrogens is 685 g/mol. The first-order valence-corrected chi connectivity index (χ1v) is 21.9. The summed E-state index contributed by atoms with van der Waals surface area (Å²) in [5, 5.41) is 8.87. The first-order valence-electron chi connectivity index (χ1n) is 20.4. The van der Waals surface area contributed by atoms with Gasteiger partial charge in [0.1, 0.15) is 12.6 Å². The van der Waals surface area contributed by atoms with E-state index in [1.54, 1.807) is 0 Å². The van der Waals surface area contributed by atoms with Crippen LogP contribution in [-0.2, 0) is 37.5 Å². The second-order valence-corrected chi connectivity index (χ2v) is 15.2. The molecule has 0 aliphatic heterocycles. The van der Waals surface area contributed by atoms with E-state index in [9.17, 15) is 23.8 Å². The van der Waals surface area contributed by atoms with Gasteiger partial charge in [0, 0.05) is 12.8 Å². The molecule has 0 saturated heterocycles. The molecule has 12 heteroatoms. The van der Waals surface area contributed by atoms with Crippen molar-refractivity contribution in [2.45, 2.75) is 193 Å². The van der Waals surface area contributed by atoms with Crippen LogP contribution in [0.5, 0.6) is 0 Å². The van der Waals surface area contributed by atoms with Crippen LogP contribution in [0.4, 0.5) is 0 Å². The predicted molar refractivity (Wildman–Crippen MR) is 208 cm³/mol. The maximum atomic E-state index is 12.6. The first-order chi connectivity index (χ1) is 25.1. The summed E-state index contributed by atoms with van der Waals surface area (Å²) in [6.07, 6.45) is 35.2. The van der Waals surface area contributed by atoms with Gasteiger partial charge in [-0.1, -0.05) is 128 Å². The molecule has 3 atom stereocenters. The van der Waals surface area contributed by atoms with Crippen LogP contribution in [0, 0.1) is 0 Å². The number of phosphoric acid groups is 1. The largest absolute Gasteiger partial charge is 0.480 e. The summed E-state index contributed by atoms with van der Waals surface area (Å²) in [5.41, 5.74) is 5.32. The van der Waals surface area contributed by atoms with Crippen LogP contribution in [0.1, 0.15) is 181 Å². The number of hydrogen-bond acceptors (Lipinski definition) is 9. The van der Waals surface area contributed by atoms with E-state index < -0.39 is 51.1 Å². The molecule has 0 aromatic heterocycles. The van der Waals surface area contributed by atoms with Crippen LogP contribution >= 0.6 is 7.82 Å². The molecule has 4 N–H and O–H groups in total. The summed E-state index contributed by atoms with van der Waals surface area (Å²) in [5.74, 6) is -2.39. The van der Waals surface area contributed by atoms with Crippen LogP contribution in [0.3, 0.4) is 0 Å². The average Bonchev–Trinajstić information content (AvgIpc) is 3.12. The number of aliphatic carboxylic acids is 1. The van der Waals surface area contributed by atoms with E-state index in [4.69, 9.17) is 24.8 Å². The number of unbranched alkanes of at least 4 members (excludes halogenated alkanes) is 20. The lowest BCUT2D eigenvalue weighted by atomic mass is 10.1. The smallest absolute Gasteiger partial charge is 0.472 e. The van der Waals surface area contributed by atoms with E-state index >= 15 is 0 Å². The van der Waals surface area contributed by atoms with Crippen molar-refractivity contribution >= 4 is 25.7 Å². The van der Waals surface area contributed by atoms with E-state index in [0.29, 0.717) is 12.8 Å². The molecule has 0 aromatic rings. The van der Waals surface area contributed by atoms with Gasteiger partial charge in [-0.3, -0.25) is 23.4 Å². The second-order valence-electron chi connectivity index (χ2n) is 13.8. The molecule has 52 heavy (non-hydrogen) atoms. The highest BCUT2D eigenvalue weighted by Crippen LogP contribution is 2.43. The second kappa shape index (κ2) is 36.0. The molecule has 0 aliphatic carbocycles. The molecule has 0 aliphatic rings. The van der Waals surface area contributed by atoms with Gasteiger partial charge < -0.3 is 25.2 Å². The van der Waals surface area contributed by atoms with Crippen molar-refractivity contribution < 1.29 is 47.5 Å². The zero-order valence-corrected chi connectivity index (χ0v) is 33.5. The van der Waals surface area contributed by atoms with Gasteiger partial charge in [-0.25, -0.2) is 4.57 Å². The van der Waals surface area contributed by atoms with Crippen LogP contribution in [-0.4, -0.2) is 59.9 Å². The third kappa shape index (κ3) is 35.0. The average molecular weight is 760 g/mol. The lowest BCUT2D eigenvalue weighted by Gasteiger charge is -2.20. The molecule has 0 fully saturated rings. The number of carbonyl (C=O) groups is 3. The molecule has 0 saturated carbocycles. The number of ether oxygens (including phenoxy) is 2. The summed E-state index contributed by atoms with van der Waals surface area (Å²) in [4.78, 5) is 45.8. The maximum Gasteiger partial charge on any atom is 0.472 e. The fourth-order valence-corrected chi connectivity index (χ4v) is 6.18. The van der Waals surface area contributed by atoms with E-state index in [2.05, 4.69) is 42.7 Å². The molecule has 0 radical (unpaired) electrons. The number of esters is 2. The molecule has 1 unspecified atom stereocenters. The Morgan fingerprint density at radius 2 is 0.962 bits per heavy atom. The standard InChI is InChI=1S/C40H74NO10P/c1-3-5-7-9-11-13-15-17-18-20-22-24-26-28-30-32-39(43)51-36(34-49-52(46,47)50-35-37(41)40(44)45)33-48-38(42)31-29-27-25-23-21-19-16-14-12-10-8-6-4-2/h13-16,36-37H,3-12,17-35,41H2,1-2H3,(H,44,45)(H,46,47)/b15-13+,16-14+/t36-,37+/m1/s1. The van der Waals surface area contributed by atoms with Crippen LogP contribution in [0.25, 0.3) is 0 Å². The highest BCUT2D eigenvalue weighted by molar-refractivity contribution is 7.47. The first kappa shape index (κ1) is 50.0. The van der Waals surface area contributed by atoms with Crippen molar-refractivity contribution in [3.8, 4) is 0 Å². The van der Waals surface area contributed by atoms with Gasteiger partial charge in [0.15, 0.2) is 6.10 Å². The molecule has 0 rings (SSSR count). The molecule has 0 amide bonds. The maximum absolute atomic E-state index is 12.6. The van der Waals surface area contributed by atoms with Gasteiger partial charge in [0.05, 0.1) is 13.2 Å². The SMILES string of the molecule is CCCCCC/C=C/CCCCCCCCCC(=O)O[C@H](COC(=O)CCCCCCC/C=C/CCCCCC)COP(=O)(O)OC[C@H](N)C(=O)O.